The summed E-state index contributed by atoms with van der Waals surface area (Å²) in [6, 6.07) is 9.60. The fourth-order valence-electron chi connectivity index (χ4n) is 1.91. The number of hydrogen-bond donors (Lipinski definition) is 2. The predicted octanol–water partition coefficient (Wildman–Crippen LogP) is 3.23. The van der Waals surface area contributed by atoms with Gasteiger partial charge in [0.05, 0.1) is 12.0 Å². The van der Waals surface area contributed by atoms with Crippen LogP contribution in [0.1, 0.15) is 6.92 Å². The Balaban J connectivity index is 2.26. The number of methoxy groups -OCH3 is 1. The van der Waals surface area contributed by atoms with Gasteiger partial charge in [-0.2, -0.15) is 5.09 Å². The second-order valence-electron chi connectivity index (χ2n) is 5.30. The maximum Gasteiger partial charge on any atom is 0.513 e. The van der Waals surface area contributed by atoms with Crippen LogP contribution >= 0.6 is 7.75 Å². The second kappa shape index (κ2) is 8.52. The molecule has 0 aliphatic rings. The first-order valence-electron chi connectivity index (χ1n) is 7.61. The van der Waals surface area contributed by atoms with Crippen LogP contribution in [0.3, 0.4) is 0 Å². The standard InChI is InChI=1S/C16H17N2O8P/c1-11(16(19)20)17-27(23,26-15-9-7-13(24-2)8-10-15)25-14-5-3-12(4-6-14)18(21)22/h3-11H,1-2H3,(H,17,23)(H,19,20). The first-order valence-corrected chi connectivity index (χ1v) is 9.15. The average molecular weight is 396 g/mol. The summed E-state index contributed by atoms with van der Waals surface area (Å²) >= 11 is 0. The summed E-state index contributed by atoms with van der Waals surface area (Å²) in [4.78, 5) is 21.2. The van der Waals surface area contributed by atoms with Crippen molar-refractivity contribution < 1.29 is 33.2 Å². The second-order valence-corrected chi connectivity index (χ2v) is 6.91. The largest absolute Gasteiger partial charge is 0.513 e. The molecule has 0 spiro atoms. The van der Waals surface area contributed by atoms with Gasteiger partial charge in [-0.3, -0.25) is 14.9 Å². The maximum atomic E-state index is 13.1. The summed E-state index contributed by atoms with van der Waals surface area (Å²) in [5.41, 5.74) is -0.180. The molecule has 11 heteroatoms. The van der Waals surface area contributed by atoms with Crippen molar-refractivity contribution in [3.63, 3.8) is 0 Å². The van der Waals surface area contributed by atoms with Crippen LogP contribution in [0.4, 0.5) is 5.69 Å². The van der Waals surface area contributed by atoms with E-state index < -0.39 is 24.7 Å². The van der Waals surface area contributed by atoms with E-state index in [9.17, 15) is 19.5 Å². The molecular formula is C16H17N2O8P. The number of non-ortho nitro benzene ring substituents is 1. The Kier molecular flexibility index (Phi) is 6.38. The summed E-state index contributed by atoms with van der Waals surface area (Å²) in [5.74, 6) is -0.574. The van der Waals surface area contributed by atoms with E-state index in [-0.39, 0.29) is 17.2 Å². The van der Waals surface area contributed by atoms with Crippen LogP contribution in [0.25, 0.3) is 0 Å². The third kappa shape index (κ3) is 5.70. The summed E-state index contributed by atoms with van der Waals surface area (Å²) in [6.45, 7) is 1.27. The number of carboxylic acids is 1. The van der Waals surface area contributed by atoms with Crippen LogP contribution in [0.2, 0.25) is 0 Å². The number of benzene rings is 2. The van der Waals surface area contributed by atoms with E-state index >= 15 is 0 Å². The number of ether oxygens (including phenoxy) is 1. The highest BCUT2D eigenvalue weighted by Crippen LogP contribution is 2.45. The summed E-state index contributed by atoms with van der Waals surface area (Å²) in [6.07, 6.45) is 0. The molecule has 2 aromatic rings. The van der Waals surface area contributed by atoms with Gasteiger partial charge in [0, 0.05) is 12.1 Å². The molecule has 10 nitrogen and oxygen atoms in total. The molecule has 0 heterocycles. The smallest absolute Gasteiger partial charge is 0.497 e. The summed E-state index contributed by atoms with van der Waals surface area (Å²) in [5, 5.41) is 22.1. The lowest BCUT2D eigenvalue weighted by Gasteiger charge is -2.22. The summed E-state index contributed by atoms with van der Waals surface area (Å²) in [7, 11) is -2.70. The first kappa shape index (κ1) is 20.2. The Labute approximate surface area is 154 Å². The number of rotatable bonds is 9. The Hall–Kier alpha value is -3.10. The Morgan fingerprint density at radius 1 is 1.07 bits per heavy atom. The first-order chi connectivity index (χ1) is 12.7. The highest BCUT2D eigenvalue weighted by Gasteiger charge is 2.33. The lowest BCUT2D eigenvalue weighted by molar-refractivity contribution is -0.384. The topological polar surface area (TPSA) is 137 Å². The number of carboxylic acid groups (broad SMARTS) is 1. The van der Waals surface area contributed by atoms with E-state index in [4.69, 9.17) is 18.9 Å². The van der Waals surface area contributed by atoms with Crippen molar-refractivity contribution in [3.05, 3.63) is 58.6 Å². The van der Waals surface area contributed by atoms with Gasteiger partial charge >= 0.3 is 13.7 Å². The minimum absolute atomic E-state index is 0.00235. The molecule has 0 saturated carbocycles. The molecule has 0 aliphatic heterocycles. The van der Waals surface area contributed by atoms with Crippen molar-refractivity contribution in [2.45, 2.75) is 13.0 Å². The third-order valence-corrected chi connectivity index (χ3v) is 4.89. The highest BCUT2D eigenvalue weighted by atomic mass is 31.2. The average Bonchev–Trinajstić information content (AvgIpc) is 2.62. The number of hydrogen-bond acceptors (Lipinski definition) is 7. The zero-order chi connectivity index (χ0) is 20.0. The van der Waals surface area contributed by atoms with Crippen molar-refractivity contribution in [1.29, 1.82) is 0 Å². The van der Waals surface area contributed by atoms with Crippen molar-refractivity contribution in [3.8, 4) is 17.2 Å². The van der Waals surface area contributed by atoms with Crippen molar-refractivity contribution >= 4 is 19.4 Å². The molecule has 0 fully saturated rings. The molecule has 0 saturated heterocycles. The maximum absolute atomic E-state index is 13.1. The minimum Gasteiger partial charge on any atom is -0.497 e. The zero-order valence-electron chi connectivity index (χ0n) is 14.4. The monoisotopic (exact) mass is 396 g/mol. The zero-order valence-corrected chi connectivity index (χ0v) is 15.3. The molecule has 0 aromatic heterocycles. The SMILES string of the molecule is COc1ccc(OP(=O)(NC(C)C(=O)O)Oc2ccc([N+](=O)[O-])cc2)cc1. The van der Waals surface area contributed by atoms with E-state index in [2.05, 4.69) is 5.09 Å². The number of carbonyl (C=O) groups is 1. The summed E-state index contributed by atoms with van der Waals surface area (Å²) < 4.78 is 28.8. The molecule has 0 bridgehead atoms. The predicted molar refractivity (Wildman–Crippen MR) is 95.2 cm³/mol. The molecule has 144 valence electrons. The molecule has 2 atom stereocenters. The van der Waals surface area contributed by atoms with E-state index in [0.717, 1.165) is 12.1 Å². The van der Waals surface area contributed by atoms with E-state index in [0.29, 0.717) is 5.75 Å². The normalized spacial score (nSPS) is 13.9. The number of nitro groups is 1. The van der Waals surface area contributed by atoms with Crippen LogP contribution in [0, 0.1) is 10.1 Å². The van der Waals surface area contributed by atoms with Crippen LogP contribution in [-0.4, -0.2) is 29.2 Å². The van der Waals surface area contributed by atoms with Gasteiger partial charge in [0.1, 0.15) is 23.3 Å². The van der Waals surface area contributed by atoms with Gasteiger partial charge in [-0.1, -0.05) is 0 Å². The highest BCUT2D eigenvalue weighted by molar-refractivity contribution is 7.52. The van der Waals surface area contributed by atoms with Gasteiger partial charge in [-0.05, 0) is 43.3 Å². The van der Waals surface area contributed by atoms with Crippen molar-refractivity contribution in [2.75, 3.05) is 7.11 Å². The molecule has 2 rings (SSSR count). The van der Waals surface area contributed by atoms with Crippen LogP contribution < -0.4 is 18.9 Å². The quantitative estimate of drug-likeness (QED) is 0.372. The number of nitrogens with zero attached hydrogens (tertiary/aromatic N) is 1. The molecule has 2 N–H and O–H groups in total. The molecule has 27 heavy (non-hydrogen) atoms. The number of nitrogens with one attached hydrogen (secondary N) is 1. The van der Waals surface area contributed by atoms with Crippen LogP contribution in [0.15, 0.2) is 48.5 Å². The van der Waals surface area contributed by atoms with E-state index in [1.807, 2.05) is 0 Å². The fraction of sp³-hybridized carbons (Fsp3) is 0.188. The molecule has 2 unspecified atom stereocenters. The van der Waals surface area contributed by atoms with Gasteiger partial charge in [0.15, 0.2) is 0 Å². The van der Waals surface area contributed by atoms with Gasteiger partial charge < -0.3 is 18.9 Å². The van der Waals surface area contributed by atoms with Crippen molar-refractivity contribution in [1.82, 2.24) is 5.09 Å². The molecular weight excluding hydrogens is 379 g/mol. The minimum atomic E-state index is -4.18. The molecule has 0 radical (unpaired) electrons. The number of nitro benzene ring substituents is 1. The molecule has 0 aliphatic carbocycles. The fourth-order valence-corrected chi connectivity index (χ4v) is 3.43. The van der Waals surface area contributed by atoms with E-state index in [1.165, 1.54) is 38.3 Å². The van der Waals surface area contributed by atoms with Crippen LogP contribution in [0.5, 0.6) is 17.2 Å². The van der Waals surface area contributed by atoms with Gasteiger partial charge in [0.25, 0.3) is 5.69 Å². The Morgan fingerprint density at radius 3 is 1.93 bits per heavy atom. The molecule has 2 aromatic carbocycles. The number of aliphatic carboxylic acids is 1. The van der Waals surface area contributed by atoms with Crippen molar-refractivity contribution in [2.24, 2.45) is 0 Å². The van der Waals surface area contributed by atoms with E-state index in [1.54, 1.807) is 12.1 Å². The molecule has 0 amide bonds. The van der Waals surface area contributed by atoms with Crippen LogP contribution in [-0.2, 0) is 9.36 Å². The lowest BCUT2D eigenvalue weighted by Crippen LogP contribution is -2.34. The van der Waals surface area contributed by atoms with Gasteiger partial charge in [-0.25, -0.2) is 4.57 Å². The Bertz CT molecular complexity index is 854. The lowest BCUT2D eigenvalue weighted by atomic mass is 10.3. The van der Waals surface area contributed by atoms with Gasteiger partial charge in [0.2, 0.25) is 0 Å². The third-order valence-electron chi connectivity index (χ3n) is 3.28. The van der Waals surface area contributed by atoms with Gasteiger partial charge in [-0.15, -0.1) is 0 Å². The Morgan fingerprint density at radius 2 is 1.52 bits per heavy atom.